The second-order valence-corrected chi connectivity index (χ2v) is 5.03. The highest BCUT2D eigenvalue weighted by atomic mass is 35.5. The Kier molecular flexibility index (Phi) is 8.54. The Morgan fingerprint density at radius 3 is 2.60 bits per heavy atom. The number of halogens is 3. The van der Waals surface area contributed by atoms with E-state index in [4.69, 9.17) is 27.0 Å². The van der Waals surface area contributed by atoms with Crippen LogP contribution in [0.5, 0.6) is 5.88 Å². The topological polar surface area (TPSA) is 106 Å². The van der Waals surface area contributed by atoms with Crippen molar-refractivity contribution in [3.63, 3.8) is 0 Å². The quantitative estimate of drug-likeness (QED) is 0.310. The van der Waals surface area contributed by atoms with E-state index in [2.05, 4.69) is 10.8 Å². The van der Waals surface area contributed by atoms with E-state index in [-0.39, 0.29) is 18.1 Å². The molecular formula is C15H18ClF2N5O2. The molecule has 0 saturated carbocycles. The van der Waals surface area contributed by atoms with E-state index in [9.17, 15) is 8.78 Å². The maximum Gasteiger partial charge on any atom is 0.264 e. The van der Waals surface area contributed by atoms with Crippen LogP contribution in [0.4, 0.5) is 14.5 Å². The number of carbonyl (C=O) groups excluding carboxylic acids is 1. The van der Waals surface area contributed by atoms with Gasteiger partial charge in [0.2, 0.25) is 12.3 Å². The fourth-order valence-electron chi connectivity index (χ4n) is 1.90. The first-order chi connectivity index (χ1) is 11.9. The number of amides is 1. The lowest BCUT2D eigenvalue weighted by molar-refractivity contribution is -0.109. The average molecular weight is 374 g/mol. The Balaban J connectivity index is 0.000000705. The summed E-state index contributed by atoms with van der Waals surface area (Å²) in [6.45, 7) is -0.103. The van der Waals surface area contributed by atoms with Gasteiger partial charge in [-0.2, -0.15) is 0 Å². The van der Waals surface area contributed by atoms with Crippen LogP contribution >= 0.6 is 11.6 Å². The van der Waals surface area contributed by atoms with Crippen molar-refractivity contribution in [2.24, 2.45) is 11.7 Å². The number of hydrazine groups is 2. The van der Waals surface area contributed by atoms with Gasteiger partial charge in [0, 0.05) is 24.4 Å². The molecule has 1 heterocycles. The number of aromatic nitrogens is 1. The lowest BCUT2D eigenvalue weighted by atomic mass is 10.1. The Hall–Kier alpha value is -2.49. The highest BCUT2D eigenvalue weighted by Gasteiger charge is 2.18. The summed E-state index contributed by atoms with van der Waals surface area (Å²) >= 11 is 5.92. The van der Waals surface area contributed by atoms with Crippen LogP contribution in [-0.4, -0.2) is 18.4 Å². The first kappa shape index (κ1) is 20.6. The number of hydrogen-bond acceptors (Lipinski definition) is 6. The van der Waals surface area contributed by atoms with Crippen LogP contribution in [-0.2, 0) is 11.4 Å². The number of rotatable bonds is 6. The first-order valence-electron chi connectivity index (χ1n) is 6.93. The van der Waals surface area contributed by atoms with Gasteiger partial charge in [-0.15, -0.1) is 0 Å². The van der Waals surface area contributed by atoms with Crippen molar-refractivity contribution in [1.82, 2.24) is 10.4 Å². The summed E-state index contributed by atoms with van der Waals surface area (Å²) in [5.74, 6) is 10.3. The van der Waals surface area contributed by atoms with Gasteiger partial charge in [-0.1, -0.05) is 23.7 Å². The maximum absolute atomic E-state index is 13.1. The molecule has 0 aliphatic carbocycles. The number of nitrogens with two attached hydrogens (primary N) is 2. The molecule has 0 aliphatic heterocycles. The summed E-state index contributed by atoms with van der Waals surface area (Å²) < 4.78 is 31.7. The summed E-state index contributed by atoms with van der Waals surface area (Å²) in [5.41, 5.74) is 2.39. The molecule has 1 aromatic carbocycles. The third-order valence-electron chi connectivity index (χ3n) is 2.95. The highest BCUT2D eigenvalue weighted by Crippen LogP contribution is 2.31. The summed E-state index contributed by atoms with van der Waals surface area (Å²) in [5, 5.41) is 1.58. The molecule has 0 aliphatic rings. The SMILES string of the molecule is CN(N)c1cccc(C(F)F)c1COc1ncccc1Cl.NNC=O. The molecule has 0 radical (unpaired) electrons. The predicted molar refractivity (Wildman–Crippen MR) is 91.0 cm³/mol. The zero-order chi connectivity index (χ0) is 18.8. The second kappa shape index (κ2) is 10.4. The molecule has 0 bridgehead atoms. The van der Waals surface area contributed by atoms with Crippen LogP contribution in [0.2, 0.25) is 5.02 Å². The van der Waals surface area contributed by atoms with E-state index < -0.39 is 6.43 Å². The summed E-state index contributed by atoms with van der Waals surface area (Å²) in [6, 6.07) is 7.78. The van der Waals surface area contributed by atoms with Gasteiger partial charge in [0.05, 0.1) is 5.69 Å². The zero-order valence-electron chi connectivity index (χ0n) is 13.3. The summed E-state index contributed by atoms with van der Waals surface area (Å²) in [7, 11) is 1.57. The molecule has 5 N–H and O–H groups in total. The molecule has 1 aromatic heterocycles. The summed E-state index contributed by atoms with van der Waals surface area (Å²) in [4.78, 5) is 12.9. The lowest BCUT2D eigenvalue weighted by Crippen LogP contribution is -2.27. The molecule has 0 fully saturated rings. The van der Waals surface area contributed by atoms with Crippen molar-refractivity contribution < 1.29 is 18.3 Å². The fourth-order valence-corrected chi connectivity index (χ4v) is 2.08. The van der Waals surface area contributed by atoms with Gasteiger partial charge in [0.15, 0.2) is 0 Å². The molecule has 2 rings (SSSR count). The normalized spacial score (nSPS) is 9.88. The number of nitrogens with zero attached hydrogens (tertiary/aromatic N) is 2. The molecule has 25 heavy (non-hydrogen) atoms. The van der Waals surface area contributed by atoms with Crippen molar-refractivity contribution in [3.05, 3.63) is 52.7 Å². The first-order valence-corrected chi connectivity index (χ1v) is 7.31. The fraction of sp³-hybridized carbons (Fsp3) is 0.200. The molecule has 1 amide bonds. The van der Waals surface area contributed by atoms with Crippen molar-refractivity contribution >= 4 is 23.7 Å². The third-order valence-corrected chi connectivity index (χ3v) is 3.24. The van der Waals surface area contributed by atoms with Gasteiger partial charge in [0.25, 0.3) is 6.43 Å². The smallest absolute Gasteiger partial charge is 0.264 e. The monoisotopic (exact) mass is 373 g/mol. The Morgan fingerprint density at radius 1 is 1.40 bits per heavy atom. The van der Waals surface area contributed by atoms with Gasteiger partial charge < -0.3 is 9.75 Å². The van der Waals surface area contributed by atoms with Crippen molar-refractivity contribution in [3.8, 4) is 5.88 Å². The molecule has 0 spiro atoms. The molecule has 0 saturated heterocycles. The summed E-state index contributed by atoms with van der Waals surface area (Å²) in [6.07, 6.45) is -0.710. The standard InChI is InChI=1S/C14H14ClF2N3O.CH4N2O/c1-20(18)12-6-2-4-9(13(16)17)10(12)8-21-14-11(15)5-3-7-19-14;2-3-1-4/h2-7,13H,8,18H2,1H3;1H,2H2,(H,3,4). The Bertz CT molecular complexity index is 662. The van der Waals surface area contributed by atoms with Gasteiger partial charge in [-0.3, -0.25) is 10.2 Å². The van der Waals surface area contributed by atoms with Gasteiger partial charge in [0.1, 0.15) is 11.6 Å². The molecule has 2 aromatic rings. The number of anilines is 1. The van der Waals surface area contributed by atoms with E-state index in [0.29, 0.717) is 22.7 Å². The maximum atomic E-state index is 13.1. The van der Waals surface area contributed by atoms with E-state index in [1.54, 1.807) is 30.7 Å². The lowest BCUT2D eigenvalue weighted by Gasteiger charge is -2.20. The molecule has 136 valence electrons. The van der Waals surface area contributed by atoms with E-state index in [0.717, 1.165) is 0 Å². The van der Waals surface area contributed by atoms with Crippen molar-refractivity contribution in [2.75, 3.05) is 12.1 Å². The molecule has 10 heteroatoms. The number of carbonyl (C=O) groups is 1. The largest absolute Gasteiger partial charge is 0.472 e. The van der Waals surface area contributed by atoms with Crippen LogP contribution in [0.1, 0.15) is 17.6 Å². The van der Waals surface area contributed by atoms with Gasteiger partial charge in [-0.05, 0) is 18.2 Å². The van der Waals surface area contributed by atoms with E-state index in [1.165, 1.54) is 23.3 Å². The van der Waals surface area contributed by atoms with Crippen LogP contribution < -0.4 is 26.9 Å². The van der Waals surface area contributed by atoms with Crippen LogP contribution in [0, 0.1) is 0 Å². The van der Waals surface area contributed by atoms with Crippen LogP contribution in [0.3, 0.4) is 0 Å². The number of benzene rings is 1. The van der Waals surface area contributed by atoms with Crippen molar-refractivity contribution in [1.29, 1.82) is 0 Å². The van der Waals surface area contributed by atoms with E-state index >= 15 is 0 Å². The number of nitrogens with one attached hydrogen (secondary N) is 1. The number of pyridine rings is 1. The minimum Gasteiger partial charge on any atom is -0.472 e. The third kappa shape index (κ3) is 6.14. The molecular weight excluding hydrogens is 356 g/mol. The predicted octanol–water partition coefficient (Wildman–Crippen LogP) is 2.17. The minimum atomic E-state index is -2.62. The molecule has 7 nitrogen and oxygen atoms in total. The van der Waals surface area contributed by atoms with Gasteiger partial charge >= 0.3 is 0 Å². The number of alkyl halides is 2. The average Bonchev–Trinajstić information content (AvgIpc) is 2.60. The highest BCUT2D eigenvalue weighted by molar-refractivity contribution is 6.31. The van der Waals surface area contributed by atoms with Gasteiger partial charge in [-0.25, -0.2) is 25.5 Å². The van der Waals surface area contributed by atoms with Crippen LogP contribution in [0.15, 0.2) is 36.5 Å². The zero-order valence-corrected chi connectivity index (χ0v) is 14.1. The van der Waals surface area contributed by atoms with Crippen molar-refractivity contribution in [2.45, 2.75) is 13.0 Å². The Morgan fingerprint density at radius 2 is 2.08 bits per heavy atom. The second-order valence-electron chi connectivity index (χ2n) is 4.62. The number of hydrogen-bond donors (Lipinski definition) is 3. The number of ether oxygens (including phenoxy) is 1. The minimum absolute atomic E-state index is 0.103. The van der Waals surface area contributed by atoms with Crippen LogP contribution in [0.25, 0.3) is 0 Å². The van der Waals surface area contributed by atoms with E-state index in [1.807, 2.05) is 0 Å². The molecule has 0 atom stereocenters. The molecule has 0 unspecified atom stereocenters. The Labute approximate surface area is 148 Å².